The lowest BCUT2D eigenvalue weighted by Gasteiger charge is -2.15. The molecule has 2 aromatic carbocycles. The lowest BCUT2D eigenvalue weighted by atomic mass is 10.2. The molecule has 2 aromatic rings. The Hall–Kier alpha value is -3.44. The maximum absolute atomic E-state index is 14.6. The zero-order valence-electron chi connectivity index (χ0n) is 16.0. The van der Waals surface area contributed by atoms with Crippen molar-refractivity contribution in [1.29, 1.82) is 0 Å². The molecule has 0 aromatic heterocycles. The summed E-state index contributed by atoms with van der Waals surface area (Å²) in [4.78, 5) is 24.5. The Bertz CT molecular complexity index is 956. The highest BCUT2D eigenvalue weighted by Crippen LogP contribution is 2.30. The molecular formula is C19H20FN5O4S. The number of nitrogens with two attached hydrogens (primary N) is 1. The SMILES string of the molecule is CC(=O)Nc1ccc(Oc2ccc(N3C[C@H](CNC(=S)NN)OC3=O)cc2F)cc1. The lowest BCUT2D eigenvalue weighted by molar-refractivity contribution is -0.114. The molecule has 158 valence electrons. The highest BCUT2D eigenvalue weighted by Gasteiger charge is 2.32. The van der Waals surface area contributed by atoms with E-state index in [1.807, 2.05) is 0 Å². The molecule has 9 nitrogen and oxygen atoms in total. The molecule has 0 bridgehead atoms. The van der Waals surface area contributed by atoms with Crippen LogP contribution in [0.4, 0.5) is 20.6 Å². The Kier molecular flexibility index (Phi) is 6.65. The number of thiocarbonyl (C=S) groups is 1. The van der Waals surface area contributed by atoms with E-state index in [0.717, 1.165) is 0 Å². The van der Waals surface area contributed by atoms with E-state index in [1.165, 1.54) is 24.0 Å². The van der Waals surface area contributed by atoms with Gasteiger partial charge >= 0.3 is 6.09 Å². The Morgan fingerprint density at radius 3 is 2.70 bits per heavy atom. The molecule has 1 aliphatic rings. The van der Waals surface area contributed by atoms with E-state index in [-0.39, 0.29) is 29.9 Å². The fourth-order valence-electron chi connectivity index (χ4n) is 2.77. The fraction of sp³-hybridized carbons (Fsp3) is 0.211. The van der Waals surface area contributed by atoms with Gasteiger partial charge in [-0.1, -0.05) is 0 Å². The Morgan fingerprint density at radius 2 is 2.07 bits per heavy atom. The number of ether oxygens (including phenoxy) is 2. The number of nitrogens with one attached hydrogen (secondary N) is 3. The van der Waals surface area contributed by atoms with Crippen LogP contribution in [0.3, 0.4) is 0 Å². The van der Waals surface area contributed by atoms with Gasteiger partial charge in [-0.3, -0.25) is 9.69 Å². The molecule has 2 amide bonds. The van der Waals surface area contributed by atoms with Crippen LogP contribution >= 0.6 is 12.2 Å². The molecule has 1 saturated heterocycles. The minimum Gasteiger partial charge on any atom is -0.454 e. The summed E-state index contributed by atoms with van der Waals surface area (Å²) < 4.78 is 25.3. The van der Waals surface area contributed by atoms with Gasteiger partial charge in [-0.2, -0.15) is 0 Å². The Balaban J connectivity index is 1.64. The number of anilines is 2. The number of amides is 2. The van der Waals surface area contributed by atoms with Crippen LogP contribution in [0.25, 0.3) is 0 Å². The molecular weight excluding hydrogens is 413 g/mol. The first kappa shape index (κ1) is 21.3. The van der Waals surface area contributed by atoms with Crippen LogP contribution in [0.15, 0.2) is 42.5 Å². The quantitative estimate of drug-likeness (QED) is 0.311. The number of rotatable bonds is 6. The summed E-state index contributed by atoms with van der Waals surface area (Å²) >= 11 is 4.87. The summed E-state index contributed by atoms with van der Waals surface area (Å²) in [6, 6.07) is 10.7. The monoisotopic (exact) mass is 433 g/mol. The van der Waals surface area contributed by atoms with Gasteiger partial charge in [0.1, 0.15) is 11.9 Å². The summed E-state index contributed by atoms with van der Waals surface area (Å²) in [5.74, 6) is 4.73. The van der Waals surface area contributed by atoms with Crippen molar-refractivity contribution in [3.05, 3.63) is 48.3 Å². The van der Waals surface area contributed by atoms with E-state index in [9.17, 15) is 14.0 Å². The Labute approximate surface area is 177 Å². The first-order chi connectivity index (χ1) is 14.4. The van der Waals surface area contributed by atoms with Gasteiger partial charge in [0.15, 0.2) is 16.7 Å². The first-order valence-electron chi connectivity index (χ1n) is 8.93. The number of hydrogen-bond acceptors (Lipinski definition) is 6. The molecule has 1 atom stereocenters. The molecule has 3 rings (SSSR count). The number of nitrogens with zero attached hydrogens (tertiary/aromatic N) is 1. The molecule has 0 unspecified atom stereocenters. The normalized spacial score (nSPS) is 15.4. The third-order valence-corrected chi connectivity index (χ3v) is 4.39. The second kappa shape index (κ2) is 9.37. The van der Waals surface area contributed by atoms with Crippen molar-refractivity contribution in [2.45, 2.75) is 13.0 Å². The van der Waals surface area contributed by atoms with Crippen molar-refractivity contribution in [3.8, 4) is 11.5 Å². The number of hydrogen-bond donors (Lipinski definition) is 4. The third-order valence-electron chi connectivity index (χ3n) is 4.13. The van der Waals surface area contributed by atoms with Crippen LogP contribution < -0.4 is 31.5 Å². The maximum Gasteiger partial charge on any atom is 0.414 e. The molecule has 11 heteroatoms. The van der Waals surface area contributed by atoms with Crippen LogP contribution in [0.5, 0.6) is 11.5 Å². The minimum atomic E-state index is -0.638. The van der Waals surface area contributed by atoms with Gasteiger partial charge in [0.25, 0.3) is 0 Å². The third kappa shape index (κ3) is 5.33. The number of carbonyl (C=O) groups excluding carboxylic acids is 2. The van der Waals surface area contributed by atoms with Gasteiger partial charge in [0.05, 0.1) is 18.8 Å². The fourth-order valence-corrected chi connectivity index (χ4v) is 2.86. The van der Waals surface area contributed by atoms with Gasteiger partial charge in [-0.25, -0.2) is 15.0 Å². The van der Waals surface area contributed by atoms with E-state index >= 15 is 0 Å². The molecule has 1 fully saturated rings. The molecule has 30 heavy (non-hydrogen) atoms. The molecule has 1 heterocycles. The van der Waals surface area contributed by atoms with E-state index in [2.05, 4.69) is 16.1 Å². The zero-order valence-corrected chi connectivity index (χ0v) is 16.8. The first-order valence-corrected chi connectivity index (χ1v) is 9.34. The molecule has 0 radical (unpaired) electrons. The predicted molar refractivity (Wildman–Crippen MR) is 113 cm³/mol. The van der Waals surface area contributed by atoms with Crippen LogP contribution in [-0.2, 0) is 9.53 Å². The van der Waals surface area contributed by atoms with Gasteiger partial charge in [-0.15, -0.1) is 0 Å². The average molecular weight is 433 g/mol. The van der Waals surface area contributed by atoms with Crippen LogP contribution in [0.2, 0.25) is 0 Å². The standard InChI is InChI=1S/C19H20FN5O4S/c1-11(26)23-12-2-5-14(6-3-12)28-17-7-4-13(8-16(17)20)25-10-15(29-19(25)27)9-22-18(30)24-21/h2-8,15H,9-10,21H2,1H3,(H,23,26)(H2,22,24,30)/t15-/m0/s1. The highest BCUT2D eigenvalue weighted by molar-refractivity contribution is 7.80. The highest BCUT2D eigenvalue weighted by atomic mass is 32.1. The summed E-state index contributed by atoms with van der Waals surface area (Å²) in [6.07, 6.45) is -1.06. The largest absolute Gasteiger partial charge is 0.454 e. The van der Waals surface area contributed by atoms with Crippen molar-refractivity contribution < 1.29 is 23.5 Å². The van der Waals surface area contributed by atoms with E-state index in [1.54, 1.807) is 30.3 Å². The summed E-state index contributed by atoms with van der Waals surface area (Å²) in [7, 11) is 0. The number of halogens is 1. The topological polar surface area (TPSA) is 118 Å². The summed E-state index contributed by atoms with van der Waals surface area (Å²) in [5, 5.41) is 5.66. The van der Waals surface area contributed by atoms with Gasteiger partial charge < -0.3 is 25.5 Å². The van der Waals surface area contributed by atoms with Crippen molar-refractivity contribution >= 4 is 40.7 Å². The minimum absolute atomic E-state index is 0.00354. The molecule has 0 spiro atoms. The second-order valence-electron chi connectivity index (χ2n) is 6.39. The van der Waals surface area contributed by atoms with Gasteiger partial charge in [-0.05, 0) is 48.6 Å². The van der Waals surface area contributed by atoms with Crippen molar-refractivity contribution in [1.82, 2.24) is 10.7 Å². The maximum atomic E-state index is 14.6. The van der Waals surface area contributed by atoms with Crippen molar-refractivity contribution in [2.24, 2.45) is 5.84 Å². The average Bonchev–Trinajstić information content (AvgIpc) is 3.09. The number of carbonyl (C=O) groups is 2. The van der Waals surface area contributed by atoms with Crippen LogP contribution in [0, 0.1) is 5.82 Å². The predicted octanol–water partition coefficient (Wildman–Crippen LogP) is 2.24. The molecule has 0 aliphatic carbocycles. The van der Waals surface area contributed by atoms with Crippen molar-refractivity contribution in [3.63, 3.8) is 0 Å². The zero-order chi connectivity index (χ0) is 21.7. The molecule has 1 aliphatic heterocycles. The van der Waals surface area contributed by atoms with Gasteiger partial charge in [0, 0.05) is 18.7 Å². The number of benzene rings is 2. The van der Waals surface area contributed by atoms with Crippen LogP contribution in [-0.4, -0.2) is 36.3 Å². The smallest absolute Gasteiger partial charge is 0.414 e. The molecule has 0 saturated carbocycles. The van der Waals surface area contributed by atoms with E-state index in [4.69, 9.17) is 27.5 Å². The summed E-state index contributed by atoms with van der Waals surface area (Å²) in [5.41, 5.74) is 3.21. The lowest BCUT2D eigenvalue weighted by Crippen LogP contribution is -2.43. The van der Waals surface area contributed by atoms with E-state index in [0.29, 0.717) is 17.1 Å². The number of hydrazine groups is 1. The van der Waals surface area contributed by atoms with E-state index < -0.39 is 18.0 Å². The Morgan fingerprint density at radius 1 is 1.33 bits per heavy atom. The summed E-state index contributed by atoms with van der Waals surface area (Å²) in [6.45, 7) is 1.90. The molecule has 5 N–H and O–H groups in total. The van der Waals surface area contributed by atoms with Crippen LogP contribution in [0.1, 0.15) is 6.92 Å². The second-order valence-corrected chi connectivity index (χ2v) is 6.80. The van der Waals surface area contributed by atoms with Gasteiger partial charge in [0.2, 0.25) is 5.91 Å². The van der Waals surface area contributed by atoms with Crippen molar-refractivity contribution in [2.75, 3.05) is 23.3 Å². The number of cyclic esters (lactones) is 1.